The number of carbonyl (C=O) groups is 2. The molecule has 0 aromatic carbocycles. The molecule has 0 aliphatic heterocycles. The number of allylic oxidation sites excluding steroid dienone is 4. The second-order valence-corrected chi connectivity index (χ2v) is 16.9. The van der Waals surface area contributed by atoms with Gasteiger partial charge in [-0.1, -0.05) is 212 Å². The topological polar surface area (TPSA) is 95.9 Å². The van der Waals surface area contributed by atoms with Crippen molar-refractivity contribution in [3.8, 4) is 0 Å². The van der Waals surface area contributed by atoms with Crippen LogP contribution < -0.4 is 5.32 Å². The number of rotatable bonds is 44. The predicted octanol–water partition coefficient (Wildman–Crippen LogP) is 14.3. The molecule has 0 aliphatic rings. The Labute approximate surface area is 348 Å². The van der Waals surface area contributed by atoms with Gasteiger partial charge < -0.3 is 20.3 Å². The summed E-state index contributed by atoms with van der Waals surface area (Å²) in [4.78, 5) is 26.0. The van der Waals surface area contributed by atoms with E-state index in [4.69, 9.17) is 4.74 Å². The van der Waals surface area contributed by atoms with Gasteiger partial charge in [0.25, 0.3) is 0 Å². The highest BCUT2D eigenvalue weighted by atomic mass is 16.5. The van der Waals surface area contributed by atoms with Gasteiger partial charge in [0, 0.05) is 6.42 Å². The maximum atomic E-state index is 13.1. The third-order valence-corrected chi connectivity index (χ3v) is 11.3. The molecule has 6 nitrogen and oxygen atoms in total. The van der Waals surface area contributed by atoms with Gasteiger partial charge in [0.15, 0.2) is 0 Å². The Morgan fingerprint density at radius 1 is 0.518 bits per heavy atom. The van der Waals surface area contributed by atoms with Crippen LogP contribution in [0.5, 0.6) is 0 Å². The molecule has 0 rings (SSSR count). The van der Waals surface area contributed by atoms with Crippen LogP contribution in [0.25, 0.3) is 0 Å². The number of hydrogen-bond donors (Lipinski definition) is 3. The molecule has 0 bridgehead atoms. The zero-order valence-electron chi connectivity index (χ0n) is 37.5. The minimum atomic E-state index is -0.786. The molecule has 0 radical (unpaired) electrons. The van der Waals surface area contributed by atoms with E-state index in [1.807, 2.05) is 0 Å². The molecule has 3 atom stereocenters. The molecule has 56 heavy (non-hydrogen) atoms. The number of ether oxygens (including phenoxy) is 1. The summed E-state index contributed by atoms with van der Waals surface area (Å²) in [6, 6.07) is -0.700. The summed E-state index contributed by atoms with van der Waals surface area (Å²) < 4.78 is 5.92. The summed E-state index contributed by atoms with van der Waals surface area (Å²) in [6.07, 6.45) is 49.5. The van der Waals surface area contributed by atoms with Crippen LogP contribution in [0.15, 0.2) is 24.3 Å². The van der Waals surface area contributed by atoms with Crippen LogP contribution in [-0.2, 0) is 14.3 Å². The van der Waals surface area contributed by atoms with Crippen molar-refractivity contribution in [2.45, 2.75) is 277 Å². The van der Waals surface area contributed by atoms with Crippen LogP contribution in [0.3, 0.4) is 0 Å². The first-order chi connectivity index (χ1) is 27.5. The van der Waals surface area contributed by atoms with E-state index in [0.717, 1.165) is 70.6 Å². The Hall–Kier alpha value is -1.66. The lowest BCUT2D eigenvalue weighted by Crippen LogP contribution is -2.46. The number of carbonyl (C=O) groups excluding carboxylic acids is 2. The van der Waals surface area contributed by atoms with E-state index >= 15 is 0 Å². The summed E-state index contributed by atoms with van der Waals surface area (Å²) in [5.41, 5.74) is 0. The summed E-state index contributed by atoms with van der Waals surface area (Å²) >= 11 is 0. The van der Waals surface area contributed by atoms with Crippen molar-refractivity contribution in [1.82, 2.24) is 5.32 Å². The molecule has 3 N–H and O–H groups in total. The van der Waals surface area contributed by atoms with Crippen LogP contribution in [0, 0.1) is 0 Å². The maximum Gasteiger partial charge on any atom is 0.306 e. The average Bonchev–Trinajstić information content (AvgIpc) is 3.19. The lowest BCUT2D eigenvalue weighted by Gasteiger charge is -2.24. The number of amides is 1. The molecule has 0 aromatic rings. The van der Waals surface area contributed by atoms with Crippen LogP contribution in [0.4, 0.5) is 0 Å². The average molecular weight is 790 g/mol. The van der Waals surface area contributed by atoms with Crippen molar-refractivity contribution in [1.29, 1.82) is 0 Å². The van der Waals surface area contributed by atoms with Gasteiger partial charge in [0.1, 0.15) is 6.10 Å². The van der Waals surface area contributed by atoms with Gasteiger partial charge in [-0.05, 0) is 57.8 Å². The van der Waals surface area contributed by atoms with E-state index in [1.54, 1.807) is 0 Å². The van der Waals surface area contributed by atoms with Crippen LogP contribution in [-0.4, -0.2) is 46.9 Å². The minimum Gasteiger partial charge on any atom is -0.462 e. The summed E-state index contributed by atoms with van der Waals surface area (Å²) in [6.45, 7) is 6.44. The first kappa shape index (κ1) is 54.3. The number of unbranched alkanes of at least 4 members (excludes halogenated alkanes) is 28. The normalized spacial score (nSPS) is 13.4. The molecule has 0 saturated carbocycles. The molecule has 0 saturated heterocycles. The fourth-order valence-corrected chi connectivity index (χ4v) is 7.52. The van der Waals surface area contributed by atoms with E-state index in [1.165, 1.54) is 141 Å². The molecule has 0 aliphatic carbocycles. The molecule has 3 unspecified atom stereocenters. The number of nitrogens with one attached hydrogen (secondary N) is 1. The fourth-order valence-electron chi connectivity index (χ4n) is 7.52. The predicted molar refractivity (Wildman–Crippen MR) is 241 cm³/mol. The molecular formula is C50H95NO5. The third kappa shape index (κ3) is 39.2. The third-order valence-electron chi connectivity index (χ3n) is 11.3. The fraction of sp³-hybridized carbons (Fsp3) is 0.880. The van der Waals surface area contributed by atoms with Gasteiger partial charge in [0.2, 0.25) is 5.91 Å². The van der Waals surface area contributed by atoms with Crippen molar-refractivity contribution < 1.29 is 24.5 Å². The van der Waals surface area contributed by atoms with E-state index in [-0.39, 0.29) is 24.9 Å². The Bertz CT molecular complexity index is 889. The minimum absolute atomic E-state index is 0.0729. The van der Waals surface area contributed by atoms with Crippen molar-refractivity contribution in [2.24, 2.45) is 0 Å². The Balaban J connectivity index is 4.60. The molecule has 6 heteroatoms. The highest BCUT2D eigenvalue weighted by Crippen LogP contribution is 2.18. The molecule has 330 valence electrons. The molecule has 0 fully saturated rings. The van der Waals surface area contributed by atoms with Gasteiger partial charge in [-0.3, -0.25) is 9.59 Å². The second kappa shape index (κ2) is 44.4. The Kier molecular flexibility index (Phi) is 43.1. The summed E-state index contributed by atoms with van der Waals surface area (Å²) in [5.74, 6) is -0.478. The van der Waals surface area contributed by atoms with Gasteiger partial charge >= 0.3 is 5.97 Å². The number of aliphatic hydroxyl groups is 2. The van der Waals surface area contributed by atoms with Gasteiger partial charge in [-0.15, -0.1) is 0 Å². The molecule has 0 spiro atoms. The van der Waals surface area contributed by atoms with Crippen molar-refractivity contribution >= 4 is 11.9 Å². The molecular weight excluding hydrogens is 695 g/mol. The van der Waals surface area contributed by atoms with Gasteiger partial charge in [-0.25, -0.2) is 0 Å². The Morgan fingerprint density at radius 2 is 0.911 bits per heavy atom. The zero-order chi connectivity index (χ0) is 41.0. The molecule has 0 aromatic heterocycles. The van der Waals surface area contributed by atoms with Crippen molar-refractivity contribution in [3.05, 3.63) is 24.3 Å². The zero-order valence-corrected chi connectivity index (χ0v) is 37.5. The van der Waals surface area contributed by atoms with Crippen molar-refractivity contribution in [3.63, 3.8) is 0 Å². The largest absolute Gasteiger partial charge is 0.462 e. The van der Waals surface area contributed by atoms with Crippen LogP contribution in [0.1, 0.15) is 258 Å². The standard InChI is InChI=1S/C50H95NO5/c1-4-7-10-13-16-19-22-24-25-26-27-29-32-35-38-41-46(56-50(55)43-40-37-34-31-28-23-20-17-14-11-8-5-2)44-49(54)51-47(45-52)48(53)42-39-36-33-30-21-18-15-12-9-6-3/h16,19,24-25,46-48,52-53H,4-15,17-18,20-23,26-45H2,1-3H3,(H,51,54)/b19-16-,25-24-. The SMILES string of the molecule is CCCCC/C=C\C/C=C\CCCCCCCC(CC(=O)NC(CO)C(O)CCCCCCCCCCCC)OC(=O)CCCCCCCCCCCCCC. The van der Waals surface area contributed by atoms with E-state index in [0.29, 0.717) is 19.3 Å². The van der Waals surface area contributed by atoms with Crippen LogP contribution in [0.2, 0.25) is 0 Å². The highest BCUT2D eigenvalue weighted by Gasteiger charge is 2.24. The van der Waals surface area contributed by atoms with Gasteiger partial charge in [-0.2, -0.15) is 0 Å². The van der Waals surface area contributed by atoms with Crippen LogP contribution >= 0.6 is 0 Å². The highest BCUT2D eigenvalue weighted by molar-refractivity contribution is 5.77. The summed E-state index contributed by atoms with van der Waals surface area (Å²) in [7, 11) is 0. The number of esters is 1. The molecule has 1 amide bonds. The van der Waals surface area contributed by atoms with E-state index in [9.17, 15) is 19.8 Å². The van der Waals surface area contributed by atoms with E-state index < -0.39 is 18.2 Å². The quantitative estimate of drug-likeness (QED) is 0.0324. The lowest BCUT2D eigenvalue weighted by molar-refractivity contribution is -0.151. The Morgan fingerprint density at radius 3 is 1.39 bits per heavy atom. The molecule has 0 heterocycles. The number of hydrogen-bond acceptors (Lipinski definition) is 5. The first-order valence-electron chi connectivity index (χ1n) is 24.6. The first-order valence-corrected chi connectivity index (χ1v) is 24.6. The monoisotopic (exact) mass is 790 g/mol. The second-order valence-electron chi connectivity index (χ2n) is 16.9. The summed E-state index contributed by atoms with van der Waals surface area (Å²) in [5, 5.41) is 23.7. The number of aliphatic hydroxyl groups excluding tert-OH is 2. The van der Waals surface area contributed by atoms with E-state index in [2.05, 4.69) is 50.4 Å². The van der Waals surface area contributed by atoms with Gasteiger partial charge in [0.05, 0.1) is 25.2 Å². The van der Waals surface area contributed by atoms with Crippen molar-refractivity contribution in [2.75, 3.05) is 6.61 Å². The lowest BCUT2D eigenvalue weighted by atomic mass is 10.0. The maximum absolute atomic E-state index is 13.1. The smallest absolute Gasteiger partial charge is 0.306 e.